The molecular formula is C10H13IN2. The Hall–Kier alpha value is -0.840. The number of hydrogen-bond acceptors (Lipinski definition) is 1. The minimum Gasteiger partial charge on any atom is -0.357 e. The van der Waals surface area contributed by atoms with Crippen LogP contribution in [0.2, 0.25) is 0 Å². The van der Waals surface area contributed by atoms with Crippen molar-refractivity contribution >= 4 is 24.0 Å². The van der Waals surface area contributed by atoms with E-state index in [2.05, 4.69) is 4.98 Å². The van der Waals surface area contributed by atoms with Crippen LogP contribution in [0.3, 0.4) is 0 Å². The molecular weight excluding hydrogens is 275 g/mol. The topological polar surface area (TPSA) is 17.8 Å². The number of halogens is 1. The van der Waals surface area contributed by atoms with Gasteiger partial charge in [-0.05, 0) is 24.3 Å². The average Bonchev–Trinajstić information content (AvgIpc) is 2.60. The van der Waals surface area contributed by atoms with Crippen LogP contribution in [0.5, 0.6) is 0 Å². The molecule has 2 aromatic rings. The first-order valence-electron chi connectivity index (χ1n) is 3.81. The lowest BCUT2D eigenvalue weighted by Crippen LogP contribution is -1.75. The lowest BCUT2D eigenvalue weighted by Gasteiger charge is -1.79. The van der Waals surface area contributed by atoms with Gasteiger partial charge in [-0.25, -0.2) is 0 Å². The highest BCUT2D eigenvalue weighted by Gasteiger charge is 1.68. The number of pyridine rings is 1. The van der Waals surface area contributed by atoms with E-state index in [-0.39, 0.29) is 24.0 Å². The smallest absolute Gasteiger partial charge is 0.0267 e. The van der Waals surface area contributed by atoms with E-state index >= 15 is 0 Å². The highest BCUT2D eigenvalue weighted by molar-refractivity contribution is 14.0. The Morgan fingerprint density at radius 2 is 1.38 bits per heavy atom. The normalized spacial score (nSPS) is 7.77. The fraction of sp³-hybridized carbons (Fsp3) is 0.100. The maximum atomic E-state index is 3.78. The second-order valence-electron chi connectivity index (χ2n) is 2.37. The Morgan fingerprint density at radius 1 is 0.846 bits per heavy atom. The van der Waals surface area contributed by atoms with Crippen LogP contribution in [0.15, 0.2) is 55.1 Å². The van der Waals surface area contributed by atoms with Gasteiger partial charge >= 0.3 is 0 Å². The molecule has 0 saturated heterocycles. The van der Waals surface area contributed by atoms with Crippen LogP contribution in [-0.4, -0.2) is 9.55 Å². The lowest BCUT2D eigenvalue weighted by molar-refractivity contribution is 0.928. The van der Waals surface area contributed by atoms with E-state index in [1.54, 1.807) is 12.4 Å². The van der Waals surface area contributed by atoms with Crippen molar-refractivity contribution in [1.29, 1.82) is 0 Å². The highest BCUT2D eigenvalue weighted by Crippen LogP contribution is 1.80. The van der Waals surface area contributed by atoms with Crippen LogP contribution >= 0.6 is 24.0 Å². The number of nitrogens with zero attached hydrogens (tertiary/aromatic N) is 2. The van der Waals surface area contributed by atoms with Gasteiger partial charge < -0.3 is 4.57 Å². The van der Waals surface area contributed by atoms with E-state index in [1.807, 2.05) is 54.3 Å². The Balaban J connectivity index is 0.000000206. The molecule has 13 heavy (non-hydrogen) atoms. The maximum Gasteiger partial charge on any atom is 0.0267 e. The quantitative estimate of drug-likeness (QED) is 0.682. The summed E-state index contributed by atoms with van der Waals surface area (Å²) < 4.78 is 2.00. The van der Waals surface area contributed by atoms with Crippen LogP contribution in [0.25, 0.3) is 0 Å². The van der Waals surface area contributed by atoms with Crippen LogP contribution < -0.4 is 0 Å². The molecule has 2 nitrogen and oxygen atoms in total. The summed E-state index contributed by atoms with van der Waals surface area (Å²) in [5.41, 5.74) is 0. The molecule has 0 saturated carbocycles. The molecule has 0 aliphatic heterocycles. The van der Waals surface area contributed by atoms with Crippen LogP contribution in [0.4, 0.5) is 0 Å². The number of rotatable bonds is 0. The SMILES string of the molecule is Cn1cccc1.I.c1ccncc1. The van der Waals surface area contributed by atoms with E-state index in [0.717, 1.165) is 0 Å². The van der Waals surface area contributed by atoms with Gasteiger partial charge in [0.2, 0.25) is 0 Å². The summed E-state index contributed by atoms with van der Waals surface area (Å²) in [6, 6.07) is 9.72. The van der Waals surface area contributed by atoms with Gasteiger partial charge in [-0.3, -0.25) is 4.98 Å². The van der Waals surface area contributed by atoms with E-state index in [1.165, 1.54) is 0 Å². The van der Waals surface area contributed by atoms with Crippen molar-refractivity contribution in [3.8, 4) is 0 Å². The summed E-state index contributed by atoms with van der Waals surface area (Å²) in [6.45, 7) is 0. The van der Waals surface area contributed by atoms with E-state index in [0.29, 0.717) is 0 Å². The van der Waals surface area contributed by atoms with Gasteiger partial charge in [0.25, 0.3) is 0 Å². The first-order chi connectivity index (χ1) is 5.89. The van der Waals surface area contributed by atoms with Gasteiger partial charge in [-0.15, -0.1) is 24.0 Å². The number of aromatic nitrogens is 2. The number of hydrogen-bond donors (Lipinski definition) is 0. The zero-order valence-corrected chi connectivity index (χ0v) is 9.83. The van der Waals surface area contributed by atoms with Gasteiger partial charge in [0.1, 0.15) is 0 Å². The van der Waals surface area contributed by atoms with Crippen molar-refractivity contribution in [2.75, 3.05) is 0 Å². The summed E-state index contributed by atoms with van der Waals surface area (Å²) in [4.78, 5) is 3.78. The van der Waals surface area contributed by atoms with Gasteiger partial charge in [-0.2, -0.15) is 0 Å². The molecule has 2 heterocycles. The minimum atomic E-state index is 0. The molecule has 0 unspecified atom stereocenters. The summed E-state index contributed by atoms with van der Waals surface area (Å²) in [7, 11) is 2.00. The Bertz CT molecular complexity index is 252. The van der Waals surface area contributed by atoms with E-state index < -0.39 is 0 Å². The second kappa shape index (κ2) is 7.79. The van der Waals surface area contributed by atoms with Gasteiger partial charge in [0, 0.05) is 31.8 Å². The van der Waals surface area contributed by atoms with Gasteiger partial charge in [0.05, 0.1) is 0 Å². The van der Waals surface area contributed by atoms with Crippen molar-refractivity contribution in [1.82, 2.24) is 9.55 Å². The Morgan fingerprint density at radius 3 is 1.54 bits per heavy atom. The van der Waals surface area contributed by atoms with Crippen molar-refractivity contribution in [2.45, 2.75) is 0 Å². The van der Waals surface area contributed by atoms with Crippen molar-refractivity contribution < 1.29 is 0 Å². The van der Waals surface area contributed by atoms with Crippen LogP contribution in [0, 0.1) is 0 Å². The predicted octanol–water partition coefficient (Wildman–Crippen LogP) is 2.72. The Kier molecular flexibility index (Phi) is 7.29. The lowest BCUT2D eigenvalue weighted by atomic mass is 10.5. The third kappa shape index (κ3) is 6.33. The molecule has 0 fully saturated rings. The third-order valence-corrected chi connectivity index (χ3v) is 1.32. The molecule has 0 aliphatic carbocycles. The molecule has 0 bridgehead atoms. The molecule has 2 aromatic heterocycles. The van der Waals surface area contributed by atoms with Crippen molar-refractivity contribution in [3.05, 3.63) is 55.1 Å². The van der Waals surface area contributed by atoms with Crippen molar-refractivity contribution in [3.63, 3.8) is 0 Å². The molecule has 3 heteroatoms. The van der Waals surface area contributed by atoms with E-state index in [4.69, 9.17) is 0 Å². The fourth-order valence-corrected chi connectivity index (χ4v) is 0.733. The van der Waals surface area contributed by atoms with Crippen LogP contribution in [0.1, 0.15) is 0 Å². The molecule has 2 rings (SSSR count). The standard InChI is InChI=1S/C5H7N.C5H5N.HI/c1-6-4-2-3-5-6;1-2-4-6-5-3-1;/h2-5H,1H3;1-5H;1H. The fourth-order valence-electron chi connectivity index (χ4n) is 0.733. The zero-order chi connectivity index (χ0) is 8.65. The van der Waals surface area contributed by atoms with Crippen molar-refractivity contribution in [2.24, 2.45) is 7.05 Å². The summed E-state index contributed by atoms with van der Waals surface area (Å²) in [6.07, 6.45) is 7.50. The maximum absolute atomic E-state index is 3.78. The number of aryl methyl sites for hydroxylation is 1. The van der Waals surface area contributed by atoms with Gasteiger partial charge in [0.15, 0.2) is 0 Å². The third-order valence-electron chi connectivity index (χ3n) is 1.32. The minimum absolute atomic E-state index is 0. The van der Waals surface area contributed by atoms with Gasteiger partial charge in [-0.1, -0.05) is 6.07 Å². The summed E-state index contributed by atoms with van der Waals surface area (Å²) >= 11 is 0. The predicted molar refractivity (Wildman–Crippen MR) is 65.1 cm³/mol. The largest absolute Gasteiger partial charge is 0.357 e. The zero-order valence-electron chi connectivity index (χ0n) is 7.50. The molecule has 0 aromatic carbocycles. The molecule has 0 aliphatic rings. The summed E-state index contributed by atoms with van der Waals surface area (Å²) in [5, 5.41) is 0. The van der Waals surface area contributed by atoms with E-state index in [9.17, 15) is 0 Å². The second-order valence-corrected chi connectivity index (χ2v) is 2.37. The first-order valence-corrected chi connectivity index (χ1v) is 3.81. The molecule has 70 valence electrons. The Labute approximate surface area is 95.6 Å². The average molecular weight is 288 g/mol. The molecule has 0 amide bonds. The summed E-state index contributed by atoms with van der Waals surface area (Å²) in [5.74, 6) is 0. The molecule has 0 N–H and O–H groups in total. The molecule has 0 atom stereocenters. The molecule has 0 spiro atoms. The van der Waals surface area contributed by atoms with Crippen LogP contribution in [-0.2, 0) is 7.05 Å². The molecule has 0 radical (unpaired) electrons. The monoisotopic (exact) mass is 288 g/mol. The first kappa shape index (κ1) is 12.2. The highest BCUT2D eigenvalue weighted by atomic mass is 127.